The fraction of sp³-hybridized carbons (Fsp3) is 0.296. The van der Waals surface area contributed by atoms with E-state index in [0.717, 1.165) is 46.5 Å². The first-order chi connectivity index (χ1) is 16.6. The predicted octanol–water partition coefficient (Wildman–Crippen LogP) is 6.43. The maximum Gasteiger partial charge on any atom is 0.294 e. The average Bonchev–Trinajstić information content (AvgIpc) is 3.05. The van der Waals surface area contributed by atoms with Gasteiger partial charge in [0.1, 0.15) is 6.54 Å². The lowest BCUT2D eigenvalue weighted by atomic mass is 9.87. The molecule has 0 spiro atoms. The van der Waals surface area contributed by atoms with Crippen molar-refractivity contribution in [2.75, 3.05) is 23.3 Å². The number of halogens is 1. The maximum absolute atomic E-state index is 13.0. The Morgan fingerprint density at radius 3 is 2.57 bits per heavy atom. The van der Waals surface area contributed by atoms with Crippen LogP contribution < -0.4 is 10.2 Å². The molecule has 0 aromatic heterocycles. The Labute approximate surface area is 215 Å². The molecule has 1 fully saturated rings. The van der Waals surface area contributed by atoms with Crippen molar-refractivity contribution in [3.63, 3.8) is 0 Å². The Morgan fingerprint density at radius 2 is 1.89 bits per heavy atom. The second-order valence-corrected chi connectivity index (χ2v) is 10.6. The molecule has 2 aromatic rings. The zero-order valence-electron chi connectivity index (χ0n) is 20.2. The number of thioether (sulfide) groups is 1. The number of carbonyl (C=O) groups excluding carboxylic acids is 3. The predicted molar refractivity (Wildman–Crippen MR) is 145 cm³/mol. The highest BCUT2D eigenvalue weighted by atomic mass is 35.5. The van der Waals surface area contributed by atoms with E-state index >= 15 is 0 Å². The molecule has 2 aromatic carbocycles. The van der Waals surface area contributed by atoms with E-state index in [1.54, 1.807) is 30.3 Å². The normalized spacial score (nSPS) is 18.1. The number of rotatable bonds is 6. The van der Waals surface area contributed by atoms with Gasteiger partial charge in [0.05, 0.1) is 10.4 Å². The number of hydrogen-bond donors (Lipinski definition) is 1. The number of amides is 3. The third-order valence-electron chi connectivity index (χ3n) is 6.06. The standard InChI is InChI=1S/C27H28ClN3O3S/c1-5-11-31-22-14-21(28)18(12-20(22)17(2)15-27(31,3)4)13-23-25(33)30(26(34)35-23)16-24(32)29-19-9-7-6-8-10-19/h6-10,12-15H,5,11,16H2,1-4H3,(H,29,32)/b23-13+. The summed E-state index contributed by atoms with van der Waals surface area (Å²) < 4.78 is 0. The van der Waals surface area contributed by atoms with Gasteiger partial charge in [-0.1, -0.05) is 42.8 Å². The van der Waals surface area contributed by atoms with Crippen LogP contribution in [0, 0.1) is 0 Å². The first kappa shape index (κ1) is 25.1. The van der Waals surface area contributed by atoms with Crippen LogP contribution in [0.4, 0.5) is 16.2 Å². The van der Waals surface area contributed by atoms with Gasteiger partial charge in [-0.3, -0.25) is 19.3 Å². The number of anilines is 2. The Hall–Kier alpha value is -3.03. The van der Waals surface area contributed by atoms with Crippen molar-refractivity contribution in [3.8, 4) is 0 Å². The largest absolute Gasteiger partial charge is 0.362 e. The summed E-state index contributed by atoms with van der Waals surface area (Å²) in [6.45, 7) is 9.12. The monoisotopic (exact) mass is 509 g/mol. The van der Waals surface area contributed by atoms with E-state index < -0.39 is 17.1 Å². The number of nitrogens with one attached hydrogen (secondary N) is 1. The first-order valence-electron chi connectivity index (χ1n) is 11.5. The molecule has 1 saturated heterocycles. The molecule has 1 N–H and O–H groups in total. The second kappa shape index (κ2) is 9.91. The Kier molecular flexibility index (Phi) is 7.10. The van der Waals surface area contributed by atoms with Gasteiger partial charge < -0.3 is 10.2 Å². The molecule has 182 valence electrons. The summed E-state index contributed by atoms with van der Waals surface area (Å²) in [4.78, 5) is 41.4. The van der Waals surface area contributed by atoms with E-state index in [4.69, 9.17) is 11.6 Å². The van der Waals surface area contributed by atoms with Gasteiger partial charge in [-0.2, -0.15) is 0 Å². The molecule has 0 atom stereocenters. The van der Waals surface area contributed by atoms with Crippen molar-refractivity contribution in [1.82, 2.24) is 4.90 Å². The van der Waals surface area contributed by atoms with Crippen LogP contribution in [0.3, 0.4) is 0 Å². The van der Waals surface area contributed by atoms with Crippen LogP contribution in [0.5, 0.6) is 0 Å². The number of fused-ring (bicyclic) bond motifs is 1. The van der Waals surface area contributed by atoms with Crippen molar-refractivity contribution in [2.24, 2.45) is 0 Å². The minimum atomic E-state index is -0.502. The molecule has 2 aliphatic rings. The lowest BCUT2D eigenvalue weighted by Gasteiger charge is -2.43. The highest BCUT2D eigenvalue weighted by molar-refractivity contribution is 8.18. The van der Waals surface area contributed by atoms with Crippen LogP contribution >= 0.6 is 23.4 Å². The SMILES string of the molecule is CCCN1c2cc(Cl)c(/C=C3/SC(=O)N(CC(=O)Nc4ccccc4)C3=O)cc2C(C)=CC1(C)C. The highest BCUT2D eigenvalue weighted by Crippen LogP contribution is 2.42. The van der Waals surface area contributed by atoms with Gasteiger partial charge in [0, 0.05) is 28.5 Å². The third-order valence-corrected chi connectivity index (χ3v) is 7.30. The first-order valence-corrected chi connectivity index (χ1v) is 12.7. The summed E-state index contributed by atoms with van der Waals surface area (Å²) in [7, 11) is 0. The van der Waals surface area contributed by atoms with E-state index in [1.807, 2.05) is 18.2 Å². The Balaban J connectivity index is 1.58. The summed E-state index contributed by atoms with van der Waals surface area (Å²) in [5.74, 6) is -0.941. The molecular formula is C27H28ClN3O3S. The fourth-order valence-corrected chi connectivity index (χ4v) is 5.54. The molecule has 0 saturated carbocycles. The van der Waals surface area contributed by atoms with Gasteiger partial charge in [-0.15, -0.1) is 0 Å². The van der Waals surface area contributed by atoms with E-state index in [9.17, 15) is 14.4 Å². The lowest BCUT2D eigenvalue weighted by molar-refractivity contribution is -0.127. The third kappa shape index (κ3) is 5.16. The van der Waals surface area contributed by atoms with Crippen LogP contribution in [0.15, 0.2) is 53.4 Å². The van der Waals surface area contributed by atoms with Crippen LogP contribution in [0.1, 0.15) is 45.2 Å². The summed E-state index contributed by atoms with van der Waals surface area (Å²) in [6.07, 6.45) is 4.88. The van der Waals surface area contributed by atoms with Crippen LogP contribution in [0.2, 0.25) is 5.02 Å². The average molecular weight is 510 g/mol. The second-order valence-electron chi connectivity index (χ2n) is 9.21. The molecule has 0 unspecified atom stereocenters. The van der Waals surface area contributed by atoms with Gasteiger partial charge in [-0.25, -0.2) is 0 Å². The smallest absolute Gasteiger partial charge is 0.294 e. The molecule has 3 amide bonds. The molecule has 0 bridgehead atoms. The van der Waals surface area contributed by atoms with Crippen molar-refractivity contribution in [1.29, 1.82) is 0 Å². The zero-order chi connectivity index (χ0) is 25.3. The molecule has 8 heteroatoms. The van der Waals surface area contributed by atoms with Crippen molar-refractivity contribution in [2.45, 2.75) is 39.7 Å². The van der Waals surface area contributed by atoms with E-state index in [2.05, 4.69) is 44.0 Å². The number of hydrogen-bond acceptors (Lipinski definition) is 5. The van der Waals surface area contributed by atoms with E-state index in [0.29, 0.717) is 16.3 Å². The lowest BCUT2D eigenvalue weighted by Crippen LogP contribution is -2.45. The molecule has 0 aliphatic carbocycles. The number of para-hydroxylation sites is 1. The molecule has 2 heterocycles. The van der Waals surface area contributed by atoms with Gasteiger partial charge in [-0.05, 0) is 80.4 Å². The summed E-state index contributed by atoms with van der Waals surface area (Å²) in [5, 5.41) is 2.72. The quantitative estimate of drug-likeness (QED) is 0.454. The molecular weight excluding hydrogens is 482 g/mol. The van der Waals surface area contributed by atoms with Crippen molar-refractivity contribution < 1.29 is 14.4 Å². The minimum Gasteiger partial charge on any atom is -0.362 e. The van der Waals surface area contributed by atoms with Gasteiger partial charge in [0.15, 0.2) is 0 Å². The molecule has 2 aliphatic heterocycles. The van der Waals surface area contributed by atoms with Crippen molar-refractivity contribution >= 4 is 63.4 Å². The van der Waals surface area contributed by atoms with Crippen LogP contribution in [0.25, 0.3) is 11.6 Å². The van der Waals surface area contributed by atoms with E-state index in [-0.39, 0.29) is 17.0 Å². The van der Waals surface area contributed by atoms with Gasteiger partial charge in [0.25, 0.3) is 11.1 Å². The van der Waals surface area contributed by atoms with E-state index in [1.165, 1.54) is 0 Å². The molecule has 4 rings (SSSR count). The number of imide groups is 1. The molecule has 0 radical (unpaired) electrons. The zero-order valence-corrected chi connectivity index (χ0v) is 21.8. The summed E-state index contributed by atoms with van der Waals surface area (Å²) >= 11 is 7.48. The number of allylic oxidation sites excluding steroid dienone is 1. The fourth-order valence-electron chi connectivity index (χ4n) is 4.50. The topological polar surface area (TPSA) is 69.7 Å². The minimum absolute atomic E-state index is 0.138. The van der Waals surface area contributed by atoms with Gasteiger partial charge >= 0.3 is 0 Å². The number of benzene rings is 2. The van der Waals surface area contributed by atoms with Gasteiger partial charge in [0.2, 0.25) is 5.91 Å². The molecule has 6 nitrogen and oxygen atoms in total. The Morgan fingerprint density at radius 1 is 1.17 bits per heavy atom. The summed E-state index contributed by atoms with van der Waals surface area (Å²) in [6, 6.07) is 12.8. The van der Waals surface area contributed by atoms with Crippen LogP contribution in [-0.2, 0) is 9.59 Å². The number of carbonyl (C=O) groups is 3. The highest BCUT2D eigenvalue weighted by Gasteiger charge is 2.37. The molecule has 35 heavy (non-hydrogen) atoms. The summed E-state index contributed by atoms with van der Waals surface area (Å²) in [5.41, 5.74) is 4.37. The maximum atomic E-state index is 13.0. The Bertz CT molecular complexity index is 1250. The van der Waals surface area contributed by atoms with Crippen LogP contribution in [-0.4, -0.2) is 40.6 Å². The van der Waals surface area contributed by atoms with Crippen molar-refractivity contribution in [3.05, 3.63) is 69.6 Å². The number of nitrogens with zero attached hydrogens (tertiary/aromatic N) is 2.